The van der Waals surface area contributed by atoms with Crippen molar-refractivity contribution in [1.29, 1.82) is 0 Å². The summed E-state index contributed by atoms with van der Waals surface area (Å²) in [5.41, 5.74) is 0.517. The highest BCUT2D eigenvalue weighted by atomic mass is 79.9. The molecule has 0 spiro atoms. The molecule has 0 amide bonds. The molecule has 0 N–H and O–H groups in total. The summed E-state index contributed by atoms with van der Waals surface area (Å²) in [5, 5.41) is 0.744. The number of esters is 1. The molecule has 1 aromatic carbocycles. The zero-order chi connectivity index (χ0) is 15.1. The second-order valence-electron chi connectivity index (χ2n) is 4.05. The number of carbonyl (C=O) groups excluding carboxylic acids is 2. The molecule has 21 heavy (non-hydrogen) atoms. The fourth-order valence-corrected chi connectivity index (χ4v) is 2.40. The molecule has 0 atom stereocenters. The molecule has 0 radical (unpaired) electrons. The lowest BCUT2D eigenvalue weighted by Crippen LogP contribution is -2.15. The molecular formula is C15H12BrNO3S. The van der Waals surface area contributed by atoms with Gasteiger partial charge in [-0.15, -0.1) is 0 Å². The number of halogens is 1. The van der Waals surface area contributed by atoms with Crippen LogP contribution in [-0.4, -0.2) is 29.1 Å². The van der Waals surface area contributed by atoms with Gasteiger partial charge in [0.15, 0.2) is 12.4 Å². The maximum Gasteiger partial charge on any atom is 0.316 e. The van der Waals surface area contributed by atoms with Gasteiger partial charge in [-0.05, 0) is 24.3 Å². The molecule has 0 aliphatic rings. The van der Waals surface area contributed by atoms with E-state index in [1.807, 2.05) is 12.1 Å². The Morgan fingerprint density at radius 3 is 2.57 bits per heavy atom. The molecule has 0 fully saturated rings. The van der Waals surface area contributed by atoms with Crippen molar-refractivity contribution in [1.82, 2.24) is 4.98 Å². The minimum Gasteiger partial charge on any atom is -0.457 e. The molecule has 4 nitrogen and oxygen atoms in total. The van der Waals surface area contributed by atoms with Gasteiger partial charge in [0.05, 0.1) is 10.8 Å². The van der Waals surface area contributed by atoms with Crippen molar-refractivity contribution >= 4 is 39.4 Å². The Balaban J connectivity index is 1.76. The summed E-state index contributed by atoms with van der Waals surface area (Å²) < 4.78 is 5.85. The fourth-order valence-electron chi connectivity index (χ4n) is 1.47. The SMILES string of the molecule is O=C(CSc1ccccn1)OCC(=O)c1ccc(Br)cc1. The summed E-state index contributed by atoms with van der Waals surface area (Å²) >= 11 is 4.57. The Bertz CT molecular complexity index is 617. The highest BCUT2D eigenvalue weighted by Gasteiger charge is 2.10. The van der Waals surface area contributed by atoms with Crippen molar-refractivity contribution in [3.63, 3.8) is 0 Å². The van der Waals surface area contributed by atoms with Gasteiger partial charge in [-0.1, -0.05) is 45.9 Å². The average molecular weight is 366 g/mol. The molecule has 108 valence electrons. The van der Waals surface area contributed by atoms with Gasteiger partial charge in [-0.2, -0.15) is 0 Å². The van der Waals surface area contributed by atoms with Crippen molar-refractivity contribution in [2.45, 2.75) is 5.03 Å². The van der Waals surface area contributed by atoms with Crippen molar-refractivity contribution in [2.75, 3.05) is 12.4 Å². The smallest absolute Gasteiger partial charge is 0.316 e. The molecule has 2 rings (SSSR count). The van der Waals surface area contributed by atoms with Gasteiger partial charge in [-0.3, -0.25) is 9.59 Å². The number of carbonyl (C=O) groups is 2. The molecule has 0 saturated heterocycles. The Morgan fingerprint density at radius 2 is 1.90 bits per heavy atom. The lowest BCUT2D eigenvalue weighted by atomic mass is 10.1. The second kappa shape index (κ2) is 7.95. The van der Waals surface area contributed by atoms with E-state index in [1.165, 1.54) is 11.8 Å². The van der Waals surface area contributed by atoms with Crippen LogP contribution in [0, 0.1) is 0 Å². The van der Waals surface area contributed by atoms with Crippen LogP contribution in [0.3, 0.4) is 0 Å². The number of nitrogens with zero attached hydrogens (tertiary/aromatic N) is 1. The number of aromatic nitrogens is 1. The lowest BCUT2D eigenvalue weighted by Gasteiger charge is -2.04. The third-order valence-corrected chi connectivity index (χ3v) is 3.95. The number of hydrogen-bond acceptors (Lipinski definition) is 5. The van der Waals surface area contributed by atoms with Gasteiger partial charge in [-0.25, -0.2) is 4.98 Å². The van der Waals surface area contributed by atoms with E-state index in [0.29, 0.717) is 5.56 Å². The van der Waals surface area contributed by atoms with Crippen LogP contribution in [0.2, 0.25) is 0 Å². The zero-order valence-corrected chi connectivity index (χ0v) is 13.4. The molecule has 6 heteroatoms. The molecule has 0 bridgehead atoms. The van der Waals surface area contributed by atoms with Crippen LogP contribution in [-0.2, 0) is 9.53 Å². The predicted octanol–water partition coefficient (Wildman–Crippen LogP) is 3.36. The van der Waals surface area contributed by atoms with Gasteiger partial charge in [0.1, 0.15) is 0 Å². The lowest BCUT2D eigenvalue weighted by molar-refractivity contribution is -0.139. The first-order chi connectivity index (χ1) is 10.1. The first-order valence-corrected chi connectivity index (χ1v) is 7.91. The maximum atomic E-state index is 11.8. The van der Waals surface area contributed by atoms with Gasteiger partial charge in [0.25, 0.3) is 0 Å². The number of ketones is 1. The highest BCUT2D eigenvalue weighted by molar-refractivity contribution is 9.10. The van der Waals surface area contributed by atoms with Crippen LogP contribution in [0.1, 0.15) is 10.4 Å². The van der Waals surface area contributed by atoms with E-state index in [1.54, 1.807) is 36.5 Å². The highest BCUT2D eigenvalue weighted by Crippen LogP contribution is 2.14. The number of hydrogen-bond donors (Lipinski definition) is 0. The van der Waals surface area contributed by atoms with Crippen LogP contribution >= 0.6 is 27.7 Å². The van der Waals surface area contributed by atoms with Crippen molar-refractivity contribution < 1.29 is 14.3 Å². The van der Waals surface area contributed by atoms with Crippen LogP contribution in [0.4, 0.5) is 0 Å². The minimum absolute atomic E-state index is 0.130. The van der Waals surface area contributed by atoms with E-state index in [2.05, 4.69) is 20.9 Å². The van der Waals surface area contributed by atoms with Gasteiger partial charge in [0, 0.05) is 16.2 Å². The number of thioether (sulfide) groups is 1. The molecule has 0 unspecified atom stereocenters. The summed E-state index contributed by atoms with van der Waals surface area (Å²) in [4.78, 5) is 27.5. The second-order valence-corrected chi connectivity index (χ2v) is 5.96. The van der Waals surface area contributed by atoms with Crippen LogP contribution in [0.15, 0.2) is 58.2 Å². The fraction of sp³-hybridized carbons (Fsp3) is 0.133. The molecule has 2 aromatic rings. The minimum atomic E-state index is -0.434. The predicted molar refractivity (Wildman–Crippen MR) is 84.4 cm³/mol. The Kier molecular flexibility index (Phi) is 5.95. The largest absolute Gasteiger partial charge is 0.457 e. The van der Waals surface area contributed by atoms with Crippen molar-refractivity contribution in [3.05, 3.63) is 58.7 Å². The Hall–Kier alpha value is -1.66. The van der Waals surface area contributed by atoms with Crippen molar-refractivity contribution in [2.24, 2.45) is 0 Å². The number of benzene rings is 1. The van der Waals surface area contributed by atoms with E-state index in [9.17, 15) is 9.59 Å². The molecule has 1 heterocycles. The zero-order valence-electron chi connectivity index (χ0n) is 11.0. The van der Waals surface area contributed by atoms with E-state index < -0.39 is 5.97 Å². The topological polar surface area (TPSA) is 56.3 Å². The summed E-state index contributed by atoms with van der Waals surface area (Å²) in [6.07, 6.45) is 1.66. The summed E-state index contributed by atoms with van der Waals surface area (Å²) in [5.74, 6) is -0.528. The van der Waals surface area contributed by atoms with E-state index in [0.717, 1.165) is 9.50 Å². The standard InChI is InChI=1S/C15H12BrNO3S/c16-12-6-4-11(5-7-12)13(18)9-20-15(19)10-21-14-3-1-2-8-17-14/h1-8H,9-10H2. The summed E-state index contributed by atoms with van der Waals surface area (Å²) in [7, 11) is 0. The first kappa shape index (κ1) is 15.7. The van der Waals surface area contributed by atoms with Crippen molar-refractivity contribution in [3.8, 4) is 0 Å². The molecule has 0 saturated carbocycles. The summed E-state index contributed by atoms with van der Waals surface area (Å²) in [6, 6.07) is 12.4. The van der Waals surface area contributed by atoms with E-state index in [-0.39, 0.29) is 18.1 Å². The van der Waals surface area contributed by atoms with Gasteiger partial charge in [0.2, 0.25) is 0 Å². The number of ether oxygens (including phenoxy) is 1. The van der Waals surface area contributed by atoms with Gasteiger partial charge >= 0.3 is 5.97 Å². The number of Topliss-reactive ketones (excluding diaryl/α,β-unsaturated/α-hetero) is 1. The van der Waals surface area contributed by atoms with Crippen LogP contribution in [0.5, 0.6) is 0 Å². The average Bonchev–Trinajstić information content (AvgIpc) is 2.52. The Labute approximate surface area is 135 Å². The van der Waals surface area contributed by atoms with Crippen LogP contribution in [0.25, 0.3) is 0 Å². The number of pyridine rings is 1. The molecule has 0 aliphatic heterocycles. The van der Waals surface area contributed by atoms with Gasteiger partial charge < -0.3 is 4.74 Å². The molecule has 0 aliphatic carbocycles. The maximum absolute atomic E-state index is 11.8. The third-order valence-electron chi connectivity index (χ3n) is 2.51. The van der Waals surface area contributed by atoms with E-state index >= 15 is 0 Å². The Morgan fingerprint density at radius 1 is 1.14 bits per heavy atom. The quantitative estimate of drug-likeness (QED) is 0.446. The van der Waals surface area contributed by atoms with E-state index in [4.69, 9.17) is 4.74 Å². The first-order valence-electron chi connectivity index (χ1n) is 6.13. The third kappa shape index (κ3) is 5.32. The normalized spacial score (nSPS) is 10.1. The monoisotopic (exact) mass is 365 g/mol. The molecule has 1 aromatic heterocycles. The van der Waals surface area contributed by atoms with Crippen LogP contribution < -0.4 is 0 Å². The number of rotatable bonds is 6. The summed E-state index contributed by atoms with van der Waals surface area (Å²) in [6.45, 7) is -0.247. The molecular weight excluding hydrogens is 354 g/mol.